The number of hydrogen-bond donors (Lipinski definition) is 2. The maximum atomic E-state index is 12.7. The Morgan fingerprint density at radius 1 is 0.975 bits per heavy atom. The first kappa shape index (κ1) is 32.2. The molecule has 232 valence electrons. The van der Waals surface area contributed by atoms with Crippen molar-refractivity contribution in [3.8, 4) is 0 Å². The van der Waals surface area contributed by atoms with Gasteiger partial charge in [0.1, 0.15) is 0 Å². The van der Waals surface area contributed by atoms with Gasteiger partial charge >= 0.3 is 10.4 Å². The Bertz CT molecular complexity index is 957. The van der Waals surface area contributed by atoms with E-state index in [1.54, 1.807) is 0 Å². The molecular weight excluding hydrogens is 524 g/mol. The van der Waals surface area contributed by atoms with Crippen molar-refractivity contribution in [3.63, 3.8) is 0 Å². The van der Waals surface area contributed by atoms with Gasteiger partial charge in [-0.1, -0.05) is 33.6 Å². The second kappa shape index (κ2) is 13.3. The molecule has 4 saturated carbocycles. The van der Waals surface area contributed by atoms with E-state index in [1.807, 2.05) is 19.0 Å². The second-order valence-corrected chi connectivity index (χ2v) is 15.9. The van der Waals surface area contributed by atoms with Crippen LogP contribution in [0.3, 0.4) is 0 Å². The largest absolute Gasteiger partial charge is 0.397 e. The van der Waals surface area contributed by atoms with Gasteiger partial charge in [0.15, 0.2) is 0 Å². The average molecular weight is 583 g/mol. The zero-order valence-corrected chi connectivity index (χ0v) is 26.8. The van der Waals surface area contributed by atoms with E-state index < -0.39 is 10.4 Å². The van der Waals surface area contributed by atoms with Crippen molar-refractivity contribution < 1.29 is 21.9 Å². The summed E-state index contributed by atoms with van der Waals surface area (Å²) in [5.41, 5.74) is 1.06. The molecule has 5 unspecified atom stereocenters. The highest BCUT2D eigenvalue weighted by Crippen LogP contribution is 2.68. The molecule has 1 amide bonds. The fourth-order valence-corrected chi connectivity index (χ4v) is 10.7. The van der Waals surface area contributed by atoms with Crippen molar-refractivity contribution in [1.82, 2.24) is 10.2 Å². The lowest BCUT2D eigenvalue weighted by atomic mass is 9.44. The van der Waals surface area contributed by atoms with Gasteiger partial charge in [-0.05, 0) is 137 Å². The fourth-order valence-electron chi connectivity index (χ4n) is 10.4. The molecule has 2 N–H and O–H groups in total. The summed E-state index contributed by atoms with van der Waals surface area (Å²) in [7, 11) is -0.511. The highest BCUT2D eigenvalue weighted by atomic mass is 32.3. The van der Waals surface area contributed by atoms with Gasteiger partial charge < -0.3 is 10.2 Å². The van der Waals surface area contributed by atoms with Crippen LogP contribution in [-0.2, 0) is 19.4 Å². The number of nitrogens with zero attached hydrogens (tertiary/aromatic N) is 1. The Hall–Kier alpha value is -0.700. The van der Waals surface area contributed by atoms with Crippen molar-refractivity contribution >= 4 is 16.3 Å². The molecule has 0 radical (unpaired) electrons. The summed E-state index contributed by atoms with van der Waals surface area (Å²) >= 11 is 0. The Kier molecular flexibility index (Phi) is 10.7. The molecule has 8 heteroatoms. The number of fused-ring (bicyclic) bond motifs is 5. The SMILES string of the molecule is C[C@H](CCC(=O)NCCCC(CCOS(=O)(=O)O)N(C)C)[C@H]1CCC2C3CCC4CCCC[C@]4(C)C3CC[C@@]21C. The predicted octanol–water partition coefficient (Wildman–Crippen LogP) is 6.49. The number of hydrogen-bond acceptors (Lipinski definition) is 5. The Morgan fingerprint density at radius 2 is 1.73 bits per heavy atom. The summed E-state index contributed by atoms with van der Waals surface area (Å²) < 4.78 is 34.8. The van der Waals surface area contributed by atoms with E-state index in [1.165, 1.54) is 64.2 Å². The van der Waals surface area contributed by atoms with Crippen LogP contribution < -0.4 is 5.32 Å². The minimum absolute atomic E-state index is 0.0475. The molecule has 4 fully saturated rings. The minimum Gasteiger partial charge on any atom is -0.356 e. The maximum absolute atomic E-state index is 12.7. The van der Waals surface area contributed by atoms with E-state index in [0.29, 0.717) is 36.1 Å². The van der Waals surface area contributed by atoms with E-state index in [-0.39, 0.29) is 18.6 Å². The van der Waals surface area contributed by atoms with Gasteiger partial charge in [-0.15, -0.1) is 0 Å². The number of amides is 1. The molecular formula is C32H58N2O5S. The number of carbonyl (C=O) groups excluding carboxylic acids is 1. The van der Waals surface area contributed by atoms with Crippen molar-refractivity contribution in [2.24, 2.45) is 46.3 Å². The Morgan fingerprint density at radius 3 is 2.45 bits per heavy atom. The first-order valence-corrected chi connectivity index (χ1v) is 17.8. The van der Waals surface area contributed by atoms with Crippen LogP contribution in [0.2, 0.25) is 0 Å². The first-order valence-electron chi connectivity index (χ1n) is 16.4. The Balaban J connectivity index is 1.20. The molecule has 0 spiro atoms. The van der Waals surface area contributed by atoms with E-state index in [0.717, 1.165) is 48.9 Å². The molecule has 0 aromatic carbocycles. The number of nitrogens with one attached hydrogen (secondary N) is 1. The third-order valence-corrected chi connectivity index (χ3v) is 13.1. The van der Waals surface area contributed by atoms with Crippen molar-refractivity contribution in [2.45, 2.75) is 123 Å². The van der Waals surface area contributed by atoms with Gasteiger partial charge in [0, 0.05) is 19.0 Å². The second-order valence-electron chi connectivity index (χ2n) is 14.8. The van der Waals surface area contributed by atoms with E-state index in [9.17, 15) is 13.2 Å². The third-order valence-electron chi connectivity index (χ3n) is 12.6. The molecule has 0 bridgehead atoms. The molecule has 4 aliphatic carbocycles. The molecule has 9 atom stereocenters. The topological polar surface area (TPSA) is 95.9 Å². The Labute approximate surface area is 244 Å². The fraction of sp³-hybridized carbons (Fsp3) is 0.969. The summed E-state index contributed by atoms with van der Waals surface area (Å²) in [5.74, 6) is 5.23. The van der Waals surface area contributed by atoms with E-state index >= 15 is 0 Å². The third kappa shape index (κ3) is 7.26. The molecule has 0 aromatic rings. The smallest absolute Gasteiger partial charge is 0.356 e. The highest BCUT2D eigenvalue weighted by Gasteiger charge is 2.60. The van der Waals surface area contributed by atoms with Crippen molar-refractivity contribution in [3.05, 3.63) is 0 Å². The molecule has 40 heavy (non-hydrogen) atoms. The highest BCUT2D eigenvalue weighted by molar-refractivity contribution is 7.80. The molecule has 0 aromatic heterocycles. The molecule has 0 saturated heterocycles. The maximum Gasteiger partial charge on any atom is 0.397 e. The van der Waals surface area contributed by atoms with Gasteiger partial charge in [0.25, 0.3) is 0 Å². The normalized spacial score (nSPS) is 37.3. The van der Waals surface area contributed by atoms with E-state index in [2.05, 4.69) is 30.3 Å². The van der Waals surface area contributed by atoms with Gasteiger partial charge in [-0.2, -0.15) is 8.42 Å². The molecule has 4 aliphatic rings. The number of rotatable bonds is 13. The predicted molar refractivity (Wildman–Crippen MR) is 160 cm³/mol. The van der Waals surface area contributed by atoms with Crippen LogP contribution in [0.4, 0.5) is 0 Å². The van der Waals surface area contributed by atoms with Crippen LogP contribution in [0.15, 0.2) is 0 Å². The number of carbonyl (C=O) groups is 1. The average Bonchev–Trinajstić information content (AvgIpc) is 3.24. The van der Waals surface area contributed by atoms with Crippen LogP contribution in [0.1, 0.15) is 117 Å². The molecule has 4 rings (SSSR count). The zero-order chi connectivity index (χ0) is 29.1. The van der Waals surface area contributed by atoms with Crippen LogP contribution >= 0.6 is 0 Å². The molecule has 0 heterocycles. The van der Waals surface area contributed by atoms with Gasteiger partial charge in [-0.3, -0.25) is 9.35 Å². The van der Waals surface area contributed by atoms with E-state index in [4.69, 9.17) is 4.55 Å². The van der Waals surface area contributed by atoms with Crippen molar-refractivity contribution in [2.75, 3.05) is 27.2 Å². The summed E-state index contributed by atoms with van der Waals surface area (Å²) in [6.45, 7) is 8.28. The lowest BCUT2D eigenvalue weighted by Gasteiger charge is -2.61. The summed E-state index contributed by atoms with van der Waals surface area (Å²) in [5, 5.41) is 3.11. The summed E-state index contributed by atoms with van der Waals surface area (Å²) in [4.78, 5) is 14.7. The van der Waals surface area contributed by atoms with Crippen LogP contribution in [0, 0.1) is 46.3 Å². The van der Waals surface area contributed by atoms with Crippen molar-refractivity contribution in [1.29, 1.82) is 0 Å². The summed E-state index contributed by atoms with van der Waals surface area (Å²) in [6.07, 6.45) is 18.1. The molecule has 0 aliphatic heterocycles. The monoisotopic (exact) mass is 582 g/mol. The van der Waals surface area contributed by atoms with Gasteiger partial charge in [0.05, 0.1) is 6.61 Å². The minimum atomic E-state index is -4.40. The van der Waals surface area contributed by atoms with Crippen LogP contribution in [0.25, 0.3) is 0 Å². The first-order chi connectivity index (χ1) is 18.8. The molecule has 7 nitrogen and oxygen atoms in total. The lowest BCUT2D eigenvalue weighted by Crippen LogP contribution is -2.53. The van der Waals surface area contributed by atoms with Crippen LogP contribution in [0.5, 0.6) is 0 Å². The standard InChI is InChI=1S/C32H58N2O5S/c1-23(11-16-30(35)33-21-8-10-25(34(4)5)18-22-39-40(36,37)38)27-14-15-28-26-13-12-24-9-6-7-19-31(24,2)29(26)17-20-32(27,28)3/h23-29H,6-22H2,1-5H3,(H,33,35)(H,36,37,38)/t23-,24?,25?,26?,27-,28?,29?,31+,32-/m1/s1. The van der Waals surface area contributed by atoms with Crippen LogP contribution in [-0.4, -0.2) is 57.1 Å². The summed E-state index contributed by atoms with van der Waals surface area (Å²) in [6, 6.07) is 0.126. The zero-order valence-electron chi connectivity index (χ0n) is 26.0. The van der Waals surface area contributed by atoms with Gasteiger partial charge in [0.2, 0.25) is 5.91 Å². The van der Waals surface area contributed by atoms with Gasteiger partial charge in [-0.25, -0.2) is 4.18 Å². The lowest BCUT2D eigenvalue weighted by molar-refractivity contribution is -0.122. The quantitative estimate of drug-likeness (QED) is 0.190.